The van der Waals surface area contributed by atoms with E-state index in [0.29, 0.717) is 0 Å². The van der Waals surface area contributed by atoms with Gasteiger partial charge in [0, 0.05) is 12.0 Å². The molecule has 2 N–H and O–H groups in total. The summed E-state index contributed by atoms with van der Waals surface area (Å²) in [5.74, 6) is 0.0370. The summed E-state index contributed by atoms with van der Waals surface area (Å²) in [5.41, 5.74) is 5.53. The Bertz CT molecular complexity index is 92.5. The van der Waals surface area contributed by atoms with Gasteiger partial charge in [-0.1, -0.05) is 6.42 Å². The number of nitrogens with two attached hydrogens (primary N) is 1. The van der Waals surface area contributed by atoms with Crippen molar-refractivity contribution in [1.29, 1.82) is 0 Å². The molecule has 0 saturated heterocycles. The monoisotopic (exact) mass is 112 g/mol. The Morgan fingerprint density at radius 2 is 2.25 bits per heavy atom. The van der Waals surface area contributed by atoms with Gasteiger partial charge in [-0.25, -0.2) is 0 Å². The van der Waals surface area contributed by atoms with Crippen molar-refractivity contribution in [1.82, 2.24) is 0 Å². The van der Waals surface area contributed by atoms with Crippen molar-refractivity contribution in [2.24, 2.45) is 11.7 Å². The molecule has 45 valence electrons. The Hall–Kier alpha value is -0.370. The Balaban J connectivity index is 2.41. The minimum Gasteiger partial charge on any atom is -0.327 e. The van der Waals surface area contributed by atoms with E-state index in [1.165, 1.54) is 0 Å². The second kappa shape index (κ2) is 2.27. The maximum absolute atomic E-state index is 10.0. The normalized spacial score (nSPS) is 37.6. The van der Waals surface area contributed by atoms with E-state index in [2.05, 4.69) is 0 Å². The number of rotatable bonds is 1. The Morgan fingerprint density at radius 1 is 1.50 bits per heavy atom. The summed E-state index contributed by atoms with van der Waals surface area (Å²) in [5, 5.41) is 0. The summed E-state index contributed by atoms with van der Waals surface area (Å²) in [6.07, 6.45) is 4.99. The second-order valence-corrected chi connectivity index (χ2v) is 2.32. The zero-order chi connectivity index (χ0) is 5.98. The Morgan fingerprint density at radius 3 is 2.50 bits per heavy atom. The summed E-state index contributed by atoms with van der Waals surface area (Å²) in [7, 11) is 0. The first-order valence-electron chi connectivity index (χ1n) is 2.98. The lowest BCUT2D eigenvalue weighted by molar-refractivity contribution is 0.504. The van der Waals surface area contributed by atoms with E-state index in [-0.39, 0.29) is 12.0 Å². The van der Waals surface area contributed by atoms with Crippen molar-refractivity contribution in [3.63, 3.8) is 0 Å². The molecule has 0 bridgehead atoms. The third kappa shape index (κ3) is 0.892. The molecule has 1 aliphatic rings. The lowest BCUT2D eigenvalue weighted by Gasteiger charge is -2.03. The zero-order valence-corrected chi connectivity index (χ0v) is 4.76. The highest BCUT2D eigenvalue weighted by atomic mass is 16.1. The molecule has 8 heavy (non-hydrogen) atoms. The fourth-order valence-corrected chi connectivity index (χ4v) is 1.14. The van der Waals surface area contributed by atoms with Gasteiger partial charge in [-0.2, -0.15) is 0 Å². The first-order valence-corrected chi connectivity index (χ1v) is 2.98. The highest BCUT2D eigenvalue weighted by Crippen LogP contribution is 2.21. The van der Waals surface area contributed by atoms with E-state index in [4.69, 9.17) is 5.73 Å². The van der Waals surface area contributed by atoms with Gasteiger partial charge in [0.15, 0.2) is 0 Å². The zero-order valence-electron chi connectivity index (χ0n) is 4.76. The molecule has 0 aliphatic heterocycles. The lowest BCUT2D eigenvalue weighted by Crippen LogP contribution is -2.24. The van der Waals surface area contributed by atoms with Gasteiger partial charge in [0.25, 0.3) is 0 Å². The van der Waals surface area contributed by atoms with Crippen LogP contribution in [0.3, 0.4) is 0 Å². The average molecular weight is 112 g/mol. The molecular weight excluding hydrogens is 102 g/mol. The van der Waals surface area contributed by atoms with Gasteiger partial charge in [0.1, 0.15) is 0 Å². The average Bonchev–Trinajstić information content (AvgIpc) is 2.14. The Kier molecular flexibility index (Phi) is 1.63. The van der Waals surface area contributed by atoms with Crippen molar-refractivity contribution in [2.75, 3.05) is 0 Å². The van der Waals surface area contributed by atoms with Crippen LogP contribution in [0.2, 0.25) is 0 Å². The molecule has 0 amide bonds. The molecule has 1 rings (SSSR count). The van der Waals surface area contributed by atoms with Gasteiger partial charge >= 0.3 is 0 Å². The van der Waals surface area contributed by atoms with Crippen molar-refractivity contribution in [3.8, 4) is 0 Å². The van der Waals surface area contributed by atoms with Gasteiger partial charge in [-0.3, -0.25) is 4.79 Å². The SMILES string of the molecule is NC1CCCC1[C]=O. The van der Waals surface area contributed by atoms with Crippen LogP contribution < -0.4 is 5.73 Å². The number of carbonyl (C=O) groups excluding carboxylic acids is 1. The van der Waals surface area contributed by atoms with Crippen LogP contribution in [0.5, 0.6) is 0 Å². The highest BCUT2D eigenvalue weighted by molar-refractivity contribution is 5.56. The van der Waals surface area contributed by atoms with Gasteiger partial charge in [0.2, 0.25) is 6.29 Å². The van der Waals surface area contributed by atoms with E-state index in [0.717, 1.165) is 19.3 Å². The van der Waals surface area contributed by atoms with Gasteiger partial charge < -0.3 is 5.73 Å². The molecule has 0 heterocycles. The highest BCUT2D eigenvalue weighted by Gasteiger charge is 2.23. The first kappa shape index (κ1) is 5.76. The lowest BCUT2D eigenvalue weighted by atomic mass is 10.1. The minimum atomic E-state index is 0.0370. The van der Waals surface area contributed by atoms with Crippen LogP contribution in [0.4, 0.5) is 0 Å². The van der Waals surface area contributed by atoms with Gasteiger partial charge in [-0.05, 0) is 12.8 Å². The first-order chi connectivity index (χ1) is 3.84. The molecular formula is C6H10NO. The standard InChI is InChI=1S/C6H10NO/c7-6-3-1-2-5(6)4-8/h5-6H,1-3,7H2. The van der Waals surface area contributed by atoms with Crippen LogP contribution in [0.25, 0.3) is 0 Å². The third-order valence-corrected chi connectivity index (χ3v) is 1.72. The fraction of sp³-hybridized carbons (Fsp3) is 0.833. The molecule has 0 aromatic heterocycles. The summed E-state index contributed by atoms with van der Waals surface area (Å²) < 4.78 is 0. The van der Waals surface area contributed by atoms with Crippen LogP contribution in [0.1, 0.15) is 19.3 Å². The van der Waals surface area contributed by atoms with Gasteiger partial charge in [-0.15, -0.1) is 0 Å². The smallest absolute Gasteiger partial charge is 0.203 e. The van der Waals surface area contributed by atoms with E-state index >= 15 is 0 Å². The van der Waals surface area contributed by atoms with Gasteiger partial charge in [0.05, 0.1) is 0 Å². The van der Waals surface area contributed by atoms with E-state index in [9.17, 15) is 4.79 Å². The Labute approximate surface area is 49.1 Å². The predicted octanol–water partition coefficient (Wildman–Crippen LogP) is 0.223. The molecule has 1 radical (unpaired) electrons. The van der Waals surface area contributed by atoms with Crippen LogP contribution >= 0.6 is 0 Å². The molecule has 0 aromatic carbocycles. The molecule has 2 atom stereocenters. The minimum absolute atomic E-state index is 0.0370. The van der Waals surface area contributed by atoms with Crippen molar-refractivity contribution in [3.05, 3.63) is 0 Å². The summed E-state index contributed by atoms with van der Waals surface area (Å²) in [6.45, 7) is 0. The molecule has 2 unspecified atom stereocenters. The van der Waals surface area contributed by atoms with E-state index in [1.54, 1.807) is 0 Å². The summed E-state index contributed by atoms with van der Waals surface area (Å²) in [4.78, 5) is 10.0. The fourth-order valence-electron chi connectivity index (χ4n) is 1.14. The summed E-state index contributed by atoms with van der Waals surface area (Å²) in [6, 6.07) is 0.104. The molecule has 2 heteroatoms. The molecule has 0 spiro atoms. The molecule has 1 aliphatic carbocycles. The maximum Gasteiger partial charge on any atom is 0.203 e. The summed E-state index contributed by atoms with van der Waals surface area (Å²) >= 11 is 0. The molecule has 2 nitrogen and oxygen atoms in total. The van der Waals surface area contributed by atoms with Crippen LogP contribution in [0, 0.1) is 5.92 Å². The van der Waals surface area contributed by atoms with Crippen molar-refractivity contribution >= 4 is 6.29 Å². The molecule has 1 saturated carbocycles. The van der Waals surface area contributed by atoms with Crippen molar-refractivity contribution in [2.45, 2.75) is 25.3 Å². The maximum atomic E-state index is 10.0. The van der Waals surface area contributed by atoms with E-state index in [1.807, 2.05) is 6.29 Å². The second-order valence-electron chi connectivity index (χ2n) is 2.32. The topological polar surface area (TPSA) is 43.1 Å². The number of hydrogen-bond acceptors (Lipinski definition) is 2. The third-order valence-electron chi connectivity index (χ3n) is 1.72. The van der Waals surface area contributed by atoms with Crippen molar-refractivity contribution < 1.29 is 4.79 Å². The van der Waals surface area contributed by atoms with E-state index < -0.39 is 0 Å². The quantitative estimate of drug-likeness (QED) is 0.527. The molecule has 1 fully saturated rings. The molecule has 0 aromatic rings. The predicted molar refractivity (Wildman–Crippen MR) is 31.0 cm³/mol. The van der Waals surface area contributed by atoms with Crippen LogP contribution in [-0.2, 0) is 4.79 Å². The largest absolute Gasteiger partial charge is 0.327 e. The van der Waals surface area contributed by atoms with Crippen LogP contribution in [-0.4, -0.2) is 12.3 Å². The number of hydrogen-bond donors (Lipinski definition) is 1. The van der Waals surface area contributed by atoms with Crippen LogP contribution in [0.15, 0.2) is 0 Å².